The zero-order valence-corrected chi connectivity index (χ0v) is 11.1. The van der Waals surface area contributed by atoms with Crippen LogP contribution in [0.25, 0.3) is 0 Å². The van der Waals surface area contributed by atoms with E-state index in [-0.39, 0.29) is 11.9 Å². The molecule has 0 spiro atoms. The van der Waals surface area contributed by atoms with Gasteiger partial charge in [-0.3, -0.25) is 4.79 Å². The lowest BCUT2D eigenvalue weighted by atomic mass is 9.87. The van der Waals surface area contributed by atoms with Gasteiger partial charge in [-0.25, -0.2) is 0 Å². The molecule has 0 saturated carbocycles. The van der Waals surface area contributed by atoms with Gasteiger partial charge in [0.25, 0.3) is 0 Å². The Morgan fingerprint density at radius 1 is 1.50 bits per heavy atom. The fourth-order valence-corrected chi connectivity index (χ4v) is 2.57. The summed E-state index contributed by atoms with van der Waals surface area (Å²) in [7, 11) is 1.44. The highest BCUT2D eigenvalue weighted by atomic mass is 16.5. The molecule has 98 valence electrons. The number of benzene rings is 1. The molecular weight excluding hydrogens is 226 g/mol. The monoisotopic (exact) mass is 247 g/mol. The van der Waals surface area contributed by atoms with Gasteiger partial charge in [0, 0.05) is 12.6 Å². The first kappa shape index (κ1) is 13.1. The Kier molecular flexibility index (Phi) is 4.37. The minimum atomic E-state index is -0.147. The Bertz CT molecular complexity index is 417. The van der Waals surface area contributed by atoms with Crippen molar-refractivity contribution in [3.05, 3.63) is 35.4 Å². The smallest absolute Gasteiger partial charge is 0.309 e. The molecule has 0 saturated heterocycles. The molecule has 1 N–H and O–H groups in total. The van der Waals surface area contributed by atoms with Crippen LogP contribution < -0.4 is 5.32 Å². The highest BCUT2D eigenvalue weighted by Crippen LogP contribution is 2.29. The maximum atomic E-state index is 11.4. The molecule has 2 unspecified atom stereocenters. The van der Waals surface area contributed by atoms with E-state index >= 15 is 0 Å². The molecule has 18 heavy (non-hydrogen) atoms. The van der Waals surface area contributed by atoms with E-state index in [9.17, 15) is 4.79 Å². The summed E-state index contributed by atoms with van der Waals surface area (Å²) in [5.74, 6) is -0.240. The SMILES string of the molecule is COC(=O)C(C)CNC1CCCc2ccccc21. The number of aryl methyl sites for hydroxylation is 1. The van der Waals surface area contributed by atoms with E-state index in [0.717, 1.165) is 6.42 Å². The normalized spacial score (nSPS) is 20.0. The summed E-state index contributed by atoms with van der Waals surface area (Å²) in [5, 5.41) is 3.49. The van der Waals surface area contributed by atoms with Crippen molar-refractivity contribution in [2.45, 2.75) is 32.2 Å². The lowest BCUT2D eigenvalue weighted by molar-refractivity contribution is -0.144. The van der Waals surface area contributed by atoms with Crippen LogP contribution in [0.15, 0.2) is 24.3 Å². The number of hydrogen-bond donors (Lipinski definition) is 1. The number of fused-ring (bicyclic) bond motifs is 1. The number of nitrogens with one attached hydrogen (secondary N) is 1. The van der Waals surface area contributed by atoms with Gasteiger partial charge in [-0.1, -0.05) is 31.2 Å². The van der Waals surface area contributed by atoms with Gasteiger partial charge in [0.1, 0.15) is 0 Å². The van der Waals surface area contributed by atoms with Crippen molar-refractivity contribution in [1.82, 2.24) is 5.32 Å². The molecule has 2 rings (SSSR count). The second kappa shape index (κ2) is 6.01. The Labute approximate surface area is 109 Å². The van der Waals surface area contributed by atoms with Crippen LogP contribution in [0.2, 0.25) is 0 Å². The molecule has 0 radical (unpaired) electrons. The summed E-state index contributed by atoms with van der Waals surface area (Å²) in [6.45, 7) is 2.57. The van der Waals surface area contributed by atoms with Crippen LogP contribution in [-0.4, -0.2) is 19.6 Å². The molecule has 1 aliphatic rings. The molecular formula is C15H21NO2. The first-order valence-corrected chi connectivity index (χ1v) is 6.61. The number of methoxy groups -OCH3 is 1. The number of esters is 1. The Balaban J connectivity index is 1.97. The number of carbonyl (C=O) groups excluding carboxylic acids is 1. The molecule has 2 atom stereocenters. The largest absolute Gasteiger partial charge is 0.469 e. The van der Waals surface area contributed by atoms with Crippen molar-refractivity contribution in [3.63, 3.8) is 0 Å². The van der Waals surface area contributed by atoms with Gasteiger partial charge in [-0.2, -0.15) is 0 Å². The van der Waals surface area contributed by atoms with Crippen LogP contribution in [-0.2, 0) is 16.0 Å². The number of carbonyl (C=O) groups is 1. The minimum Gasteiger partial charge on any atom is -0.469 e. The number of rotatable bonds is 4. The lowest BCUT2D eigenvalue weighted by Gasteiger charge is -2.27. The summed E-state index contributed by atoms with van der Waals surface area (Å²) in [6, 6.07) is 8.95. The fraction of sp³-hybridized carbons (Fsp3) is 0.533. The molecule has 1 aromatic rings. The molecule has 3 heteroatoms. The molecule has 0 amide bonds. The van der Waals surface area contributed by atoms with Crippen LogP contribution in [0.4, 0.5) is 0 Å². The Hall–Kier alpha value is -1.35. The summed E-state index contributed by atoms with van der Waals surface area (Å²) < 4.78 is 4.74. The van der Waals surface area contributed by atoms with E-state index in [4.69, 9.17) is 4.74 Å². The topological polar surface area (TPSA) is 38.3 Å². The van der Waals surface area contributed by atoms with Crippen LogP contribution in [0.3, 0.4) is 0 Å². The average Bonchev–Trinajstić information content (AvgIpc) is 2.43. The first-order chi connectivity index (χ1) is 8.72. The van der Waals surface area contributed by atoms with Crippen LogP contribution >= 0.6 is 0 Å². The van der Waals surface area contributed by atoms with Gasteiger partial charge in [-0.15, -0.1) is 0 Å². The van der Waals surface area contributed by atoms with E-state index in [2.05, 4.69) is 29.6 Å². The van der Waals surface area contributed by atoms with E-state index in [1.54, 1.807) is 0 Å². The maximum absolute atomic E-state index is 11.4. The van der Waals surface area contributed by atoms with E-state index < -0.39 is 0 Å². The van der Waals surface area contributed by atoms with E-state index in [0.29, 0.717) is 12.6 Å². The predicted molar refractivity (Wildman–Crippen MR) is 71.3 cm³/mol. The van der Waals surface area contributed by atoms with Gasteiger partial charge < -0.3 is 10.1 Å². The third-order valence-electron chi connectivity index (χ3n) is 3.64. The first-order valence-electron chi connectivity index (χ1n) is 6.61. The number of ether oxygens (including phenoxy) is 1. The molecule has 1 aliphatic carbocycles. The van der Waals surface area contributed by atoms with Gasteiger partial charge in [0.2, 0.25) is 0 Å². The van der Waals surface area contributed by atoms with Crippen molar-refractivity contribution in [1.29, 1.82) is 0 Å². The van der Waals surface area contributed by atoms with Crippen LogP contribution in [0.5, 0.6) is 0 Å². The fourth-order valence-electron chi connectivity index (χ4n) is 2.57. The van der Waals surface area contributed by atoms with Crippen molar-refractivity contribution in [2.24, 2.45) is 5.92 Å². The summed E-state index contributed by atoms with van der Waals surface area (Å²) in [4.78, 5) is 11.4. The van der Waals surface area contributed by atoms with Crippen molar-refractivity contribution < 1.29 is 9.53 Å². The number of hydrogen-bond acceptors (Lipinski definition) is 3. The highest BCUT2D eigenvalue weighted by molar-refractivity contribution is 5.72. The molecule has 1 aromatic carbocycles. The second-order valence-corrected chi connectivity index (χ2v) is 4.98. The van der Waals surface area contributed by atoms with Gasteiger partial charge in [0.05, 0.1) is 13.0 Å². The van der Waals surface area contributed by atoms with Gasteiger partial charge >= 0.3 is 5.97 Å². The van der Waals surface area contributed by atoms with Gasteiger partial charge in [-0.05, 0) is 30.4 Å². The second-order valence-electron chi connectivity index (χ2n) is 4.98. The zero-order chi connectivity index (χ0) is 13.0. The molecule has 0 heterocycles. The molecule has 0 fully saturated rings. The molecule has 3 nitrogen and oxygen atoms in total. The Morgan fingerprint density at radius 3 is 3.06 bits per heavy atom. The maximum Gasteiger partial charge on any atom is 0.309 e. The lowest BCUT2D eigenvalue weighted by Crippen LogP contribution is -2.32. The van der Waals surface area contributed by atoms with Gasteiger partial charge in [0.15, 0.2) is 0 Å². The molecule has 0 aromatic heterocycles. The zero-order valence-electron chi connectivity index (χ0n) is 11.1. The third kappa shape index (κ3) is 2.91. The summed E-state index contributed by atoms with van der Waals surface area (Å²) >= 11 is 0. The summed E-state index contributed by atoms with van der Waals surface area (Å²) in [5.41, 5.74) is 2.83. The Morgan fingerprint density at radius 2 is 2.28 bits per heavy atom. The highest BCUT2D eigenvalue weighted by Gasteiger charge is 2.21. The molecule has 0 bridgehead atoms. The van der Waals surface area contributed by atoms with Crippen molar-refractivity contribution >= 4 is 5.97 Å². The van der Waals surface area contributed by atoms with Crippen LogP contribution in [0, 0.1) is 5.92 Å². The van der Waals surface area contributed by atoms with Crippen molar-refractivity contribution in [2.75, 3.05) is 13.7 Å². The summed E-state index contributed by atoms with van der Waals surface area (Å²) in [6.07, 6.45) is 3.52. The molecule has 0 aliphatic heterocycles. The standard InChI is InChI=1S/C15H21NO2/c1-11(15(17)18-2)10-16-14-9-5-7-12-6-3-4-8-13(12)14/h3-4,6,8,11,14,16H,5,7,9-10H2,1-2H3. The van der Waals surface area contributed by atoms with Crippen LogP contribution in [0.1, 0.15) is 36.9 Å². The minimum absolute atomic E-state index is 0.0934. The quantitative estimate of drug-likeness (QED) is 0.831. The third-order valence-corrected chi connectivity index (χ3v) is 3.64. The van der Waals surface area contributed by atoms with E-state index in [1.165, 1.54) is 31.1 Å². The van der Waals surface area contributed by atoms with E-state index in [1.807, 2.05) is 6.92 Å². The van der Waals surface area contributed by atoms with Crippen molar-refractivity contribution in [3.8, 4) is 0 Å². The predicted octanol–water partition coefficient (Wildman–Crippen LogP) is 2.46. The average molecular weight is 247 g/mol.